The van der Waals surface area contributed by atoms with Crippen LogP contribution in [0.15, 0.2) is 65.1 Å². The minimum atomic E-state index is -0.617. The van der Waals surface area contributed by atoms with Gasteiger partial charge in [0.1, 0.15) is 6.04 Å². The van der Waals surface area contributed by atoms with Crippen molar-refractivity contribution in [3.8, 4) is 0 Å². The zero-order valence-corrected chi connectivity index (χ0v) is 15.1. The molecule has 4 nitrogen and oxygen atoms in total. The minimum absolute atomic E-state index is 0.134. The van der Waals surface area contributed by atoms with Crippen molar-refractivity contribution in [1.29, 1.82) is 0 Å². The molecule has 3 aromatic rings. The van der Waals surface area contributed by atoms with Gasteiger partial charge in [-0.1, -0.05) is 40.2 Å². The molecule has 124 valence electrons. The molecule has 0 saturated carbocycles. The number of rotatable bonds is 3. The molecule has 1 aliphatic rings. The molecule has 0 aliphatic carbocycles. The van der Waals surface area contributed by atoms with Crippen LogP contribution in [0.25, 0.3) is 10.8 Å². The van der Waals surface area contributed by atoms with Gasteiger partial charge in [0.05, 0.1) is 5.69 Å². The second-order valence-corrected chi connectivity index (χ2v) is 6.94. The fourth-order valence-electron chi connectivity index (χ4n) is 3.22. The van der Waals surface area contributed by atoms with Gasteiger partial charge in [-0.15, -0.1) is 0 Å². The van der Waals surface area contributed by atoms with Crippen LogP contribution < -0.4 is 10.2 Å². The van der Waals surface area contributed by atoms with E-state index in [0.29, 0.717) is 11.3 Å². The summed E-state index contributed by atoms with van der Waals surface area (Å²) in [6.07, 6.45) is 0. The maximum absolute atomic E-state index is 12.9. The largest absolute Gasteiger partial charge is 0.324 e. The Morgan fingerprint density at radius 2 is 1.72 bits per heavy atom. The molecule has 0 fully saturated rings. The molecule has 1 atom stereocenters. The van der Waals surface area contributed by atoms with Crippen LogP contribution in [0.4, 0.5) is 11.4 Å². The molecule has 25 heavy (non-hydrogen) atoms. The van der Waals surface area contributed by atoms with Crippen LogP contribution in [0.3, 0.4) is 0 Å². The third kappa shape index (κ3) is 2.61. The summed E-state index contributed by atoms with van der Waals surface area (Å²) in [5.41, 5.74) is 2.13. The monoisotopic (exact) mass is 394 g/mol. The molecule has 0 spiro atoms. The Morgan fingerprint density at radius 1 is 1.04 bits per heavy atom. The first-order chi connectivity index (χ1) is 12.1. The Balaban J connectivity index is 1.66. The van der Waals surface area contributed by atoms with E-state index < -0.39 is 6.04 Å². The third-order valence-corrected chi connectivity index (χ3v) is 5.00. The first kappa shape index (κ1) is 15.8. The standard InChI is InChI=1S/C20H15BrN2O2/c1-12(19(24)22-15-10-8-14(21)9-11-15)23-17-7-3-5-13-4-2-6-16(18(13)17)20(23)25/h2-12H,1H3,(H,22,24)/t12-/m0/s1. The van der Waals surface area contributed by atoms with E-state index in [1.165, 1.54) is 0 Å². The van der Waals surface area contributed by atoms with Crippen LogP contribution in [0.1, 0.15) is 17.3 Å². The van der Waals surface area contributed by atoms with Crippen molar-refractivity contribution in [2.45, 2.75) is 13.0 Å². The molecule has 4 rings (SSSR count). The van der Waals surface area contributed by atoms with Gasteiger partial charge in [0, 0.05) is 21.1 Å². The Kier molecular flexibility index (Phi) is 3.81. The summed E-state index contributed by atoms with van der Waals surface area (Å²) in [5, 5.41) is 4.79. The highest BCUT2D eigenvalue weighted by molar-refractivity contribution is 9.10. The highest BCUT2D eigenvalue weighted by Gasteiger charge is 2.35. The number of halogens is 1. The van der Waals surface area contributed by atoms with Gasteiger partial charge in [-0.2, -0.15) is 0 Å². The second kappa shape index (κ2) is 6.01. The third-order valence-electron chi connectivity index (χ3n) is 4.47. The van der Waals surface area contributed by atoms with Crippen LogP contribution in [-0.4, -0.2) is 17.9 Å². The maximum Gasteiger partial charge on any atom is 0.259 e. The topological polar surface area (TPSA) is 49.4 Å². The van der Waals surface area contributed by atoms with E-state index in [1.807, 2.05) is 60.7 Å². The van der Waals surface area contributed by atoms with Crippen LogP contribution in [-0.2, 0) is 4.79 Å². The number of carbonyl (C=O) groups is 2. The number of nitrogens with one attached hydrogen (secondary N) is 1. The van der Waals surface area contributed by atoms with Gasteiger partial charge in [0.25, 0.3) is 5.91 Å². The average Bonchev–Trinajstić information content (AvgIpc) is 2.91. The molecule has 0 bridgehead atoms. The molecule has 0 radical (unpaired) electrons. The lowest BCUT2D eigenvalue weighted by atomic mass is 10.1. The van der Waals surface area contributed by atoms with Crippen molar-refractivity contribution in [3.05, 3.63) is 70.7 Å². The van der Waals surface area contributed by atoms with E-state index in [0.717, 1.165) is 20.9 Å². The summed E-state index contributed by atoms with van der Waals surface area (Å²) in [6.45, 7) is 1.75. The first-order valence-corrected chi connectivity index (χ1v) is 8.77. The minimum Gasteiger partial charge on any atom is -0.324 e. The highest BCUT2D eigenvalue weighted by Crippen LogP contribution is 2.38. The Bertz CT molecular complexity index is 993. The quantitative estimate of drug-likeness (QED) is 0.705. The van der Waals surface area contributed by atoms with Crippen molar-refractivity contribution in [1.82, 2.24) is 0 Å². The maximum atomic E-state index is 12.9. The van der Waals surface area contributed by atoms with Crippen molar-refractivity contribution in [2.75, 3.05) is 10.2 Å². The van der Waals surface area contributed by atoms with Crippen LogP contribution >= 0.6 is 15.9 Å². The van der Waals surface area contributed by atoms with Crippen molar-refractivity contribution in [2.24, 2.45) is 0 Å². The summed E-state index contributed by atoms with van der Waals surface area (Å²) in [6, 6.07) is 18.2. The predicted molar refractivity (Wildman–Crippen MR) is 103 cm³/mol. The van der Waals surface area contributed by atoms with E-state index in [1.54, 1.807) is 11.8 Å². The SMILES string of the molecule is C[C@@H](C(=O)Nc1ccc(Br)cc1)N1C(=O)c2cccc3cccc1c23. The van der Waals surface area contributed by atoms with E-state index in [2.05, 4.69) is 21.2 Å². The number of amides is 2. The molecule has 3 aromatic carbocycles. The number of anilines is 2. The highest BCUT2D eigenvalue weighted by atomic mass is 79.9. The van der Waals surface area contributed by atoms with E-state index in [4.69, 9.17) is 0 Å². The number of carbonyl (C=O) groups excluding carboxylic acids is 2. The van der Waals surface area contributed by atoms with E-state index in [-0.39, 0.29) is 11.8 Å². The van der Waals surface area contributed by atoms with E-state index in [9.17, 15) is 9.59 Å². The molecule has 5 heteroatoms. The van der Waals surface area contributed by atoms with Gasteiger partial charge in [0.2, 0.25) is 5.91 Å². The zero-order valence-electron chi connectivity index (χ0n) is 13.5. The summed E-state index contributed by atoms with van der Waals surface area (Å²) < 4.78 is 0.940. The fourth-order valence-corrected chi connectivity index (χ4v) is 3.49. The number of benzene rings is 3. The van der Waals surface area contributed by atoms with Gasteiger partial charge in [-0.05, 0) is 48.7 Å². The lowest BCUT2D eigenvalue weighted by Gasteiger charge is -2.24. The molecular weight excluding hydrogens is 380 g/mol. The Morgan fingerprint density at radius 3 is 2.44 bits per heavy atom. The van der Waals surface area contributed by atoms with Gasteiger partial charge in [-0.3, -0.25) is 14.5 Å². The normalized spacial score (nSPS) is 14.0. The van der Waals surface area contributed by atoms with Crippen LogP contribution in [0.5, 0.6) is 0 Å². The second-order valence-electron chi connectivity index (χ2n) is 6.03. The Hall–Kier alpha value is -2.66. The van der Waals surface area contributed by atoms with Gasteiger partial charge < -0.3 is 5.32 Å². The molecule has 1 heterocycles. The molecule has 2 amide bonds. The lowest BCUT2D eigenvalue weighted by molar-refractivity contribution is -0.117. The predicted octanol–water partition coefficient (Wildman–Crippen LogP) is 4.59. The van der Waals surface area contributed by atoms with Crippen LogP contribution in [0, 0.1) is 0 Å². The number of hydrogen-bond acceptors (Lipinski definition) is 2. The summed E-state index contributed by atoms with van der Waals surface area (Å²) in [4.78, 5) is 27.1. The zero-order chi connectivity index (χ0) is 17.6. The van der Waals surface area contributed by atoms with Gasteiger partial charge in [-0.25, -0.2) is 0 Å². The van der Waals surface area contributed by atoms with Crippen LogP contribution in [0.2, 0.25) is 0 Å². The summed E-state index contributed by atoms with van der Waals surface area (Å²) in [7, 11) is 0. The van der Waals surface area contributed by atoms with Crippen molar-refractivity contribution in [3.63, 3.8) is 0 Å². The lowest BCUT2D eigenvalue weighted by Crippen LogP contribution is -2.44. The number of nitrogens with zero attached hydrogens (tertiary/aromatic N) is 1. The van der Waals surface area contributed by atoms with E-state index >= 15 is 0 Å². The first-order valence-electron chi connectivity index (χ1n) is 7.98. The Labute approximate surface area is 153 Å². The number of hydrogen-bond donors (Lipinski definition) is 1. The molecule has 1 N–H and O–H groups in total. The molecule has 0 unspecified atom stereocenters. The molecular formula is C20H15BrN2O2. The fraction of sp³-hybridized carbons (Fsp3) is 0.100. The average molecular weight is 395 g/mol. The van der Waals surface area contributed by atoms with Gasteiger partial charge >= 0.3 is 0 Å². The van der Waals surface area contributed by atoms with Crippen molar-refractivity contribution >= 4 is 49.9 Å². The summed E-state index contributed by atoms with van der Waals surface area (Å²) >= 11 is 3.37. The summed E-state index contributed by atoms with van der Waals surface area (Å²) in [5.74, 6) is -0.356. The molecule has 1 aliphatic heterocycles. The van der Waals surface area contributed by atoms with Gasteiger partial charge in [0.15, 0.2) is 0 Å². The smallest absolute Gasteiger partial charge is 0.259 e. The van der Waals surface area contributed by atoms with Crippen molar-refractivity contribution < 1.29 is 9.59 Å². The molecule has 0 aromatic heterocycles. The molecule has 0 saturated heterocycles.